The molecule has 0 unspecified atom stereocenters. The molecule has 2 amide bonds. The zero-order chi connectivity index (χ0) is 22.1. The maximum absolute atomic E-state index is 14.0. The molecule has 0 spiro atoms. The maximum atomic E-state index is 14.0. The van der Waals surface area contributed by atoms with Gasteiger partial charge in [0.25, 0.3) is 5.91 Å². The molecule has 160 valence electrons. The van der Waals surface area contributed by atoms with Gasteiger partial charge in [0.2, 0.25) is 5.91 Å². The van der Waals surface area contributed by atoms with Gasteiger partial charge in [-0.15, -0.1) is 11.3 Å². The Bertz CT molecular complexity index is 1100. The van der Waals surface area contributed by atoms with Crippen molar-refractivity contribution in [3.8, 4) is 0 Å². The first-order valence-corrected chi connectivity index (χ1v) is 11.6. The first-order valence-electron chi connectivity index (χ1n) is 10.4. The molecule has 2 atom stereocenters. The van der Waals surface area contributed by atoms with E-state index in [4.69, 9.17) is 11.6 Å². The van der Waals surface area contributed by atoms with Gasteiger partial charge in [0.1, 0.15) is 0 Å². The van der Waals surface area contributed by atoms with Crippen LogP contribution in [-0.2, 0) is 4.79 Å². The summed E-state index contributed by atoms with van der Waals surface area (Å²) in [6, 6.07) is 18.4. The number of anilines is 1. The van der Waals surface area contributed by atoms with Crippen molar-refractivity contribution in [3.05, 3.63) is 87.1 Å². The molecule has 1 aliphatic heterocycles. The third kappa shape index (κ3) is 4.00. The van der Waals surface area contributed by atoms with E-state index in [9.17, 15) is 9.59 Å². The molecular weight excluding hydrogens is 428 g/mol. The Kier molecular flexibility index (Phi) is 6.17. The maximum Gasteiger partial charge on any atom is 0.254 e. The molecule has 4 rings (SSSR count). The summed E-state index contributed by atoms with van der Waals surface area (Å²) < 4.78 is 0. The zero-order valence-corrected chi connectivity index (χ0v) is 19.4. The van der Waals surface area contributed by atoms with E-state index in [0.717, 1.165) is 10.4 Å². The molecule has 1 aromatic heterocycles. The quantitative estimate of drug-likeness (QED) is 0.476. The fourth-order valence-electron chi connectivity index (χ4n) is 4.28. The minimum absolute atomic E-state index is 0.0212. The second-order valence-electron chi connectivity index (χ2n) is 8.23. The van der Waals surface area contributed by atoms with E-state index in [-0.39, 0.29) is 23.8 Å². The van der Waals surface area contributed by atoms with Gasteiger partial charge in [-0.3, -0.25) is 9.59 Å². The second-order valence-corrected chi connectivity index (χ2v) is 9.61. The Morgan fingerprint density at radius 2 is 1.81 bits per heavy atom. The number of benzene rings is 2. The van der Waals surface area contributed by atoms with E-state index in [1.54, 1.807) is 29.4 Å². The molecule has 0 aliphatic carbocycles. The summed E-state index contributed by atoms with van der Waals surface area (Å²) in [5.41, 5.74) is 2.03. The number of thiophene rings is 1. The summed E-state index contributed by atoms with van der Waals surface area (Å²) in [7, 11) is 1.75. The molecule has 6 heteroatoms. The third-order valence-electron chi connectivity index (χ3n) is 5.65. The Balaban J connectivity index is 1.87. The van der Waals surface area contributed by atoms with Gasteiger partial charge in [-0.25, -0.2) is 0 Å². The van der Waals surface area contributed by atoms with Crippen LogP contribution in [-0.4, -0.2) is 30.3 Å². The number of likely N-dealkylation sites (N-methyl/N-ethyl adjacent to an activating group) is 1. The molecule has 0 N–H and O–H groups in total. The van der Waals surface area contributed by atoms with Gasteiger partial charge in [-0.1, -0.05) is 61.8 Å². The summed E-state index contributed by atoms with van der Waals surface area (Å²) in [4.78, 5) is 32.0. The Morgan fingerprint density at radius 1 is 1.10 bits per heavy atom. The summed E-state index contributed by atoms with van der Waals surface area (Å²) >= 11 is 7.98. The largest absolute Gasteiger partial charge is 0.329 e. The van der Waals surface area contributed by atoms with Crippen LogP contribution in [0.4, 0.5) is 5.69 Å². The molecule has 2 aromatic carbocycles. The van der Waals surface area contributed by atoms with Crippen molar-refractivity contribution in [2.45, 2.75) is 25.8 Å². The van der Waals surface area contributed by atoms with E-state index in [1.807, 2.05) is 64.9 Å². The molecule has 0 saturated carbocycles. The number of fused-ring (bicyclic) bond motifs is 1. The van der Waals surface area contributed by atoms with Crippen LogP contribution < -0.4 is 4.90 Å². The average molecular weight is 453 g/mol. The van der Waals surface area contributed by atoms with Crippen LogP contribution in [0.1, 0.15) is 46.6 Å². The molecule has 1 aliphatic rings. The monoisotopic (exact) mass is 452 g/mol. The number of hydrogen-bond donors (Lipinski definition) is 0. The highest BCUT2D eigenvalue weighted by molar-refractivity contribution is 7.10. The normalized spacial score (nSPS) is 18.2. The van der Waals surface area contributed by atoms with Crippen LogP contribution in [0.25, 0.3) is 0 Å². The molecule has 0 saturated heterocycles. The molecular formula is C25H25ClN2O2S. The lowest BCUT2D eigenvalue weighted by Gasteiger charge is -2.43. The standard InChI is InChI=1S/C25H25ClN2O2S/c1-16(2)15-28-23(21-13-8-14-31-21)22(17-9-4-5-10-18(17)24(28)29)25(30)27(3)20-12-7-6-11-19(20)26/h4-14,16,22-23H,15H2,1-3H3/t22-,23-/m0/s1. The number of carbonyl (C=O) groups excluding carboxylic acids is 2. The van der Waals surface area contributed by atoms with Crippen LogP contribution in [0.15, 0.2) is 66.0 Å². The van der Waals surface area contributed by atoms with Gasteiger partial charge in [-0.05, 0) is 41.1 Å². The number of hydrogen-bond acceptors (Lipinski definition) is 3. The minimum Gasteiger partial charge on any atom is -0.329 e. The number of carbonyl (C=O) groups is 2. The van der Waals surface area contributed by atoms with Gasteiger partial charge < -0.3 is 9.80 Å². The Morgan fingerprint density at radius 3 is 2.48 bits per heavy atom. The van der Waals surface area contributed by atoms with Gasteiger partial charge in [0.05, 0.1) is 22.7 Å². The lowest BCUT2D eigenvalue weighted by molar-refractivity contribution is -0.121. The van der Waals surface area contributed by atoms with Crippen LogP contribution in [0.3, 0.4) is 0 Å². The van der Waals surface area contributed by atoms with Gasteiger partial charge in [-0.2, -0.15) is 0 Å². The molecule has 0 bridgehead atoms. The van der Waals surface area contributed by atoms with Crippen LogP contribution in [0.2, 0.25) is 5.02 Å². The van der Waals surface area contributed by atoms with E-state index >= 15 is 0 Å². The van der Waals surface area contributed by atoms with Crippen molar-refractivity contribution in [2.24, 2.45) is 5.92 Å². The Labute approximate surface area is 192 Å². The number of nitrogens with zero attached hydrogens (tertiary/aromatic N) is 2. The topological polar surface area (TPSA) is 40.6 Å². The predicted octanol–water partition coefficient (Wildman–Crippen LogP) is 6.00. The van der Waals surface area contributed by atoms with E-state index in [1.165, 1.54) is 0 Å². The van der Waals surface area contributed by atoms with Crippen molar-refractivity contribution < 1.29 is 9.59 Å². The summed E-state index contributed by atoms with van der Waals surface area (Å²) in [6.07, 6.45) is 0. The fraction of sp³-hybridized carbons (Fsp3) is 0.280. The van der Waals surface area contributed by atoms with Crippen LogP contribution >= 0.6 is 22.9 Å². The smallest absolute Gasteiger partial charge is 0.254 e. The SMILES string of the molecule is CC(C)CN1C(=O)c2ccccc2[C@H](C(=O)N(C)c2ccccc2Cl)[C@@H]1c1cccs1. The first kappa shape index (κ1) is 21.6. The molecule has 4 nitrogen and oxygen atoms in total. The van der Waals surface area contributed by atoms with E-state index in [0.29, 0.717) is 22.8 Å². The Hall–Kier alpha value is -2.63. The molecule has 3 aromatic rings. The first-order chi connectivity index (χ1) is 14.9. The second kappa shape index (κ2) is 8.85. The highest BCUT2D eigenvalue weighted by Gasteiger charge is 2.45. The van der Waals surface area contributed by atoms with Crippen LogP contribution in [0, 0.1) is 5.92 Å². The van der Waals surface area contributed by atoms with Crippen molar-refractivity contribution in [1.29, 1.82) is 0 Å². The number of amides is 2. The van der Waals surface area contributed by atoms with Crippen molar-refractivity contribution in [3.63, 3.8) is 0 Å². The lowest BCUT2D eigenvalue weighted by atomic mass is 9.80. The molecule has 31 heavy (non-hydrogen) atoms. The predicted molar refractivity (Wildman–Crippen MR) is 127 cm³/mol. The average Bonchev–Trinajstić information content (AvgIpc) is 3.29. The number of rotatable bonds is 5. The summed E-state index contributed by atoms with van der Waals surface area (Å²) in [5, 5.41) is 2.51. The molecule has 2 heterocycles. The summed E-state index contributed by atoms with van der Waals surface area (Å²) in [6.45, 7) is 4.76. The molecule has 0 radical (unpaired) electrons. The third-order valence-corrected chi connectivity index (χ3v) is 6.91. The number of para-hydroxylation sites is 1. The van der Waals surface area contributed by atoms with Crippen molar-refractivity contribution in [1.82, 2.24) is 4.90 Å². The fourth-order valence-corrected chi connectivity index (χ4v) is 5.42. The zero-order valence-electron chi connectivity index (χ0n) is 17.8. The van der Waals surface area contributed by atoms with Crippen molar-refractivity contribution >= 4 is 40.4 Å². The van der Waals surface area contributed by atoms with Gasteiger partial charge in [0, 0.05) is 24.0 Å². The van der Waals surface area contributed by atoms with Crippen molar-refractivity contribution in [2.75, 3.05) is 18.5 Å². The van der Waals surface area contributed by atoms with E-state index < -0.39 is 5.92 Å². The lowest BCUT2D eigenvalue weighted by Crippen LogP contribution is -2.48. The van der Waals surface area contributed by atoms with Crippen LogP contribution in [0.5, 0.6) is 0 Å². The molecule has 0 fully saturated rings. The van der Waals surface area contributed by atoms with Gasteiger partial charge >= 0.3 is 0 Å². The van der Waals surface area contributed by atoms with E-state index in [2.05, 4.69) is 13.8 Å². The number of halogens is 1. The highest BCUT2D eigenvalue weighted by Crippen LogP contribution is 2.45. The summed E-state index contributed by atoms with van der Waals surface area (Å²) in [5.74, 6) is -0.353. The highest BCUT2D eigenvalue weighted by atomic mass is 35.5. The minimum atomic E-state index is -0.521. The van der Waals surface area contributed by atoms with Gasteiger partial charge in [0.15, 0.2) is 0 Å².